The van der Waals surface area contributed by atoms with Crippen LogP contribution in [0.15, 0.2) is 95.8 Å². The predicted octanol–water partition coefficient (Wildman–Crippen LogP) is 4.69. The van der Waals surface area contributed by atoms with E-state index >= 15 is 0 Å². The van der Waals surface area contributed by atoms with Crippen LogP contribution < -0.4 is 5.32 Å². The molecular formula is C24H21N3O2. The number of pyridine rings is 1. The van der Waals surface area contributed by atoms with Gasteiger partial charge in [0.1, 0.15) is 0 Å². The molecule has 0 radical (unpaired) electrons. The third-order valence-electron chi connectivity index (χ3n) is 4.81. The van der Waals surface area contributed by atoms with Crippen LogP contribution in [0.3, 0.4) is 0 Å². The summed E-state index contributed by atoms with van der Waals surface area (Å²) in [5.74, 6) is 0.486. The maximum absolute atomic E-state index is 12.5. The minimum absolute atomic E-state index is 0.209. The van der Waals surface area contributed by atoms with E-state index in [1.165, 1.54) is 11.1 Å². The normalized spacial score (nSPS) is 10.8. The van der Waals surface area contributed by atoms with Crippen LogP contribution in [0.5, 0.6) is 0 Å². The van der Waals surface area contributed by atoms with Gasteiger partial charge in [-0.3, -0.25) is 9.78 Å². The maximum Gasteiger partial charge on any atom is 0.273 e. The molecule has 4 aromatic rings. The Balaban J connectivity index is 1.41. The lowest BCUT2D eigenvalue weighted by molar-refractivity contribution is 0.0944. The first-order valence-electron chi connectivity index (χ1n) is 9.56. The fourth-order valence-electron chi connectivity index (χ4n) is 3.34. The highest BCUT2D eigenvalue weighted by Crippen LogP contribution is 2.27. The average Bonchev–Trinajstić information content (AvgIpc) is 3.29. The number of aromatic nitrogens is 2. The zero-order valence-corrected chi connectivity index (χ0v) is 15.9. The van der Waals surface area contributed by atoms with Crippen molar-refractivity contribution in [2.24, 2.45) is 0 Å². The molecule has 5 heteroatoms. The van der Waals surface area contributed by atoms with Gasteiger partial charge >= 0.3 is 0 Å². The van der Waals surface area contributed by atoms with Crippen LogP contribution in [0.4, 0.5) is 0 Å². The molecule has 5 nitrogen and oxygen atoms in total. The number of hydrogen-bond donors (Lipinski definition) is 1. The summed E-state index contributed by atoms with van der Waals surface area (Å²) >= 11 is 0. The zero-order chi connectivity index (χ0) is 19.9. The third-order valence-corrected chi connectivity index (χ3v) is 4.81. The number of nitrogens with one attached hydrogen (secondary N) is 1. The molecule has 1 N–H and O–H groups in total. The zero-order valence-electron chi connectivity index (χ0n) is 15.9. The van der Waals surface area contributed by atoms with Crippen molar-refractivity contribution < 1.29 is 9.32 Å². The van der Waals surface area contributed by atoms with Crippen LogP contribution in [0, 0.1) is 0 Å². The van der Waals surface area contributed by atoms with Gasteiger partial charge in [0.15, 0.2) is 11.5 Å². The van der Waals surface area contributed by atoms with E-state index < -0.39 is 0 Å². The molecule has 0 aliphatic rings. The van der Waals surface area contributed by atoms with Crippen molar-refractivity contribution in [2.45, 2.75) is 12.3 Å². The fourth-order valence-corrected chi connectivity index (χ4v) is 3.34. The van der Waals surface area contributed by atoms with Gasteiger partial charge in [0.2, 0.25) is 0 Å². The van der Waals surface area contributed by atoms with Crippen molar-refractivity contribution in [1.82, 2.24) is 15.5 Å². The number of amides is 1. The van der Waals surface area contributed by atoms with Gasteiger partial charge in [-0.1, -0.05) is 65.8 Å². The molecule has 144 valence electrons. The molecule has 0 atom stereocenters. The fraction of sp³-hybridized carbons (Fsp3) is 0.125. The smallest absolute Gasteiger partial charge is 0.273 e. The summed E-state index contributed by atoms with van der Waals surface area (Å²) < 4.78 is 5.29. The molecule has 2 heterocycles. The van der Waals surface area contributed by atoms with Crippen molar-refractivity contribution in [3.8, 4) is 11.3 Å². The second-order valence-corrected chi connectivity index (χ2v) is 6.74. The Morgan fingerprint density at radius 1 is 0.931 bits per heavy atom. The lowest BCUT2D eigenvalue weighted by Crippen LogP contribution is -2.26. The van der Waals surface area contributed by atoms with E-state index in [9.17, 15) is 4.79 Å². The van der Waals surface area contributed by atoms with Crippen molar-refractivity contribution >= 4 is 5.91 Å². The minimum atomic E-state index is -0.247. The first-order valence-corrected chi connectivity index (χ1v) is 9.56. The second-order valence-electron chi connectivity index (χ2n) is 6.74. The van der Waals surface area contributed by atoms with Gasteiger partial charge in [-0.15, -0.1) is 0 Å². The van der Waals surface area contributed by atoms with Gasteiger partial charge in [-0.05, 0) is 29.7 Å². The Labute approximate surface area is 169 Å². The monoisotopic (exact) mass is 383 g/mol. The lowest BCUT2D eigenvalue weighted by Gasteiger charge is -2.18. The number of benzene rings is 2. The molecule has 0 saturated carbocycles. The highest BCUT2D eigenvalue weighted by Gasteiger charge is 2.16. The average molecular weight is 383 g/mol. The molecular weight excluding hydrogens is 362 g/mol. The van der Waals surface area contributed by atoms with E-state index in [0.29, 0.717) is 12.3 Å². The van der Waals surface area contributed by atoms with Crippen molar-refractivity contribution in [2.75, 3.05) is 6.54 Å². The first kappa shape index (κ1) is 18.6. The van der Waals surface area contributed by atoms with E-state index in [1.807, 2.05) is 48.5 Å². The summed E-state index contributed by atoms with van der Waals surface area (Å²) in [5, 5.41) is 6.85. The Hall–Kier alpha value is -3.73. The minimum Gasteiger partial charge on any atom is -0.355 e. The van der Waals surface area contributed by atoms with Gasteiger partial charge in [-0.2, -0.15) is 0 Å². The van der Waals surface area contributed by atoms with E-state index in [1.54, 1.807) is 18.5 Å². The molecule has 0 saturated heterocycles. The molecule has 0 aliphatic carbocycles. The van der Waals surface area contributed by atoms with Crippen LogP contribution in [0.25, 0.3) is 11.3 Å². The van der Waals surface area contributed by atoms with E-state index in [-0.39, 0.29) is 17.5 Å². The summed E-state index contributed by atoms with van der Waals surface area (Å²) in [7, 11) is 0. The largest absolute Gasteiger partial charge is 0.355 e. The summed E-state index contributed by atoms with van der Waals surface area (Å²) in [4.78, 5) is 16.5. The van der Waals surface area contributed by atoms with Gasteiger partial charge < -0.3 is 9.84 Å². The summed E-state index contributed by atoms with van der Waals surface area (Å²) in [6.07, 6.45) is 4.14. The van der Waals surface area contributed by atoms with Crippen LogP contribution in [0.1, 0.15) is 34.0 Å². The van der Waals surface area contributed by atoms with Gasteiger partial charge in [0.25, 0.3) is 5.91 Å². The van der Waals surface area contributed by atoms with Gasteiger partial charge in [0.05, 0.1) is 0 Å². The van der Waals surface area contributed by atoms with Crippen molar-refractivity contribution in [3.05, 3.63) is 108 Å². The van der Waals surface area contributed by atoms with E-state index in [0.717, 1.165) is 12.0 Å². The topological polar surface area (TPSA) is 68.0 Å². The van der Waals surface area contributed by atoms with Crippen LogP contribution in [-0.2, 0) is 0 Å². The SMILES string of the molecule is O=C(NCCC(c1ccccc1)c1ccccc1)c1cc(-c2cccnc2)on1. The highest BCUT2D eigenvalue weighted by atomic mass is 16.5. The Kier molecular flexibility index (Phi) is 5.76. The van der Waals surface area contributed by atoms with Crippen LogP contribution >= 0.6 is 0 Å². The summed E-state index contributed by atoms with van der Waals surface area (Å²) in [5.41, 5.74) is 3.51. The molecule has 0 bridgehead atoms. The van der Waals surface area contributed by atoms with E-state index in [2.05, 4.69) is 39.7 Å². The molecule has 4 rings (SSSR count). The molecule has 0 aliphatic heterocycles. The molecule has 2 aromatic carbocycles. The number of carbonyl (C=O) groups excluding carboxylic acids is 1. The molecule has 0 fully saturated rings. The molecule has 0 spiro atoms. The van der Waals surface area contributed by atoms with Crippen LogP contribution in [0.2, 0.25) is 0 Å². The Morgan fingerprint density at radius 3 is 2.24 bits per heavy atom. The first-order chi connectivity index (χ1) is 14.3. The Bertz CT molecular complexity index is 1010. The van der Waals surface area contributed by atoms with Gasteiger partial charge in [-0.25, -0.2) is 0 Å². The molecule has 2 aromatic heterocycles. The summed E-state index contributed by atoms with van der Waals surface area (Å²) in [6.45, 7) is 0.530. The third kappa shape index (κ3) is 4.58. The highest BCUT2D eigenvalue weighted by molar-refractivity contribution is 5.93. The molecule has 0 unspecified atom stereocenters. The maximum atomic E-state index is 12.5. The van der Waals surface area contributed by atoms with Crippen molar-refractivity contribution in [1.29, 1.82) is 0 Å². The number of carbonyl (C=O) groups is 1. The Morgan fingerprint density at radius 2 is 1.62 bits per heavy atom. The number of nitrogens with zero attached hydrogens (tertiary/aromatic N) is 2. The molecule has 29 heavy (non-hydrogen) atoms. The number of hydrogen-bond acceptors (Lipinski definition) is 4. The second kappa shape index (κ2) is 8.97. The predicted molar refractivity (Wildman–Crippen MR) is 111 cm³/mol. The standard InChI is InChI=1S/C24H21N3O2/c28-24(22-16-23(29-27-22)20-12-7-14-25-17-20)26-15-13-21(18-8-3-1-4-9-18)19-10-5-2-6-11-19/h1-12,14,16-17,21H,13,15H2,(H,26,28). The molecule has 1 amide bonds. The van der Waals surface area contributed by atoms with Crippen LogP contribution in [-0.4, -0.2) is 22.6 Å². The quantitative estimate of drug-likeness (QED) is 0.503. The van der Waals surface area contributed by atoms with Crippen molar-refractivity contribution in [3.63, 3.8) is 0 Å². The van der Waals surface area contributed by atoms with E-state index in [4.69, 9.17) is 4.52 Å². The summed E-state index contributed by atoms with van der Waals surface area (Å²) in [6, 6.07) is 26.0. The van der Waals surface area contributed by atoms with Gasteiger partial charge in [0, 0.05) is 36.5 Å². The lowest BCUT2D eigenvalue weighted by atomic mass is 9.88. The number of rotatable bonds is 7.